The van der Waals surface area contributed by atoms with Crippen LogP contribution in [0.2, 0.25) is 5.02 Å². The average Bonchev–Trinajstić information content (AvgIpc) is 3.21. The van der Waals surface area contributed by atoms with Crippen molar-refractivity contribution in [2.45, 2.75) is 33.2 Å². The summed E-state index contributed by atoms with van der Waals surface area (Å²) in [6.07, 6.45) is 1.96. The standard InChI is InChI=1S/C25H26ClN3O2S/c1-14-7-6-8-15(2)23(14)29-16(3)11-18(17(29)4)12-22-24(30)28-25(32-22)27-20-13-19(26)9-10-21(20)31-5/h6-13,25,27H,1-5H3,(H,28,30)/b22-12-. The molecule has 0 aliphatic carbocycles. The number of para-hydroxylation sites is 1. The monoisotopic (exact) mass is 467 g/mol. The van der Waals surface area contributed by atoms with Crippen molar-refractivity contribution in [3.63, 3.8) is 0 Å². The lowest BCUT2D eigenvalue weighted by atomic mass is 10.1. The number of hydrogen-bond acceptors (Lipinski definition) is 4. The zero-order valence-corrected chi connectivity index (χ0v) is 20.3. The number of ether oxygens (including phenoxy) is 1. The number of aryl methyl sites for hydroxylation is 3. The van der Waals surface area contributed by atoms with Gasteiger partial charge < -0.3 is 19.9 Å². The Bertz CT molecular complexity index is 1210. The Hall–Kier alpha value is -2.83. The minimum atomic E-state index is -0.316. The van der Waals surface area contributed by atoms with Gasteiger partial charge in [-0.1, -0.05) is 41.6 Å². The van der Waals surface area contributed by atoms with E-state index < -0.39 is 0 Å². The van der Waals surface area contributed by atoms with Crippen LogP contribution in [-0.4, -0.2) is 23.1 Å². The SMILES string of the molecule is COc1ccc(Cl)cc1NC1NC(=O)/C(=C/c2cc(C)n(-c3c(C)cccc3C)c2C)S1. The topological polar surface area (TPSA) is 55.3 Å². The van der Waals surface area contributed by atoms with Crippen LogP contribution in [0.1, 0.15) is 28.1 Å². The third-order valence-corrected chi connectivity index (χ3v) is 6.86. The molecular weight excluding hydrogens is 442 g/mol. The van der Waals surface area contributed by atoms with Crippen LogP contribution in [0.3, 0.4) is 0 Å². The molecule has 7 heteroatoms. The highest BCUT2D eigenvalue weighted by Gasteiger charge is 2.28. The molecule has 3 aromatic rings. The van der Waals surface area contributed by atoms with E-state index >= 15 is 0 Å². The van der Waals surface area contributed by atoms with Gasteiger partial charge in [-0.05, 0) is 74.7 Å². The summed E-state index contributed by atoms with van der Waals surface area (Å²) in [5.41, 5.74) is 7.32. The van der Waals surface area contributed by atoms with Gasteiger partial charge in [0.25, 0.3) is 5.91 Å². The number of hydrogen-bond donors (Lipinski definition) is 2. The molecule has 1 aliphatic heterocycles. The number of methoxy groups -OCH3 is 1. The van der Waals surface area contributed by atoms with Crippen LogP contribution >= 0.6 is 23.4 Å². The van der Waals surface area contributed by atoms with Gasteiger partial charge in [-0.25, -0.2) is 0 Å². The maximum atomic E-state index is 12.7. The van der Waals surface area contributed by atoms with E-state index in [0.717, 1.165) is 22.6 Å². The fourth-order valence-electron chi connectivity index (χ4n) is 4.08. The summed E-state index contributed by atoms with van der Waals surface area (Å²) in [7, 11) is 1.60. The first-order valence-corrected chi connectivity index (χ1v) is 11.6. The number of thioether (sulfide) groups is 1. The van der Waals surface area contributed by atoms with Gasteiger partial charge in [-0.2, -0.15) is 0 Å². The summed E-state index contributed by atoms with van der Waals surface area (Å²) in [5, 5.41) is 6.86. The molecule has 2 aromatic carbocycles. The first-order chi connectivity index (χ1) is 15.3. The van der Waals surface area contributed by atoms with E-state index in [1.807, 2.05) is 6.08 Å². The quantitative estimate of drug-likeness (QED) is 0.454. The molecule has 0 spiro atoms. The van der Waals surface area contributed by atoms with Gasteiger partial charge in [-0.3, -0.25) is 4.79 Å². The zero-order valence-electron chi connectivity index (χ0n) is 18.7. The number of aromatic nitrogens is 1. The first-order valence-electron chi connectivity index (χ1n) is 10.3. The molecule has 1 fully saturated rings. The molecule has 32 heavy (non-hydrogen) atoms. The van der Waals surface area contributed by atoms with E-state index in [2.05, 4.69) is 67.2 Å². The van der Waals surface area contributed by atoms with E-state index in [9.17, 15) is 4.79 Å². The summed E-state index contributed by atoms with van der Waals surface area (Å²) in [4.78, 5) is 13.3. The number of nitrogens with one attached hydrogen (secondary N) is 2. The molecule has 1 aromatic heterocycles. The Morgan fingerprint density at radius 1 is 1.12 bits per heavy atom. The van der Waals surface area contributed by atoms with E-state index in [4.69, 9.17) is 16.3 Å². The van der Waals surface area contributed by atoms with Crippen LogP contribution in [-0.2, 0) is 4.79 Å². The number of nitrogens with zero attached hydrogens (tertiary/aromatic N) is 1. The Morgan fingerprint density at radius 2 is 1.84 bits per heavy atom. The van der Waals surface area contributed by atoms with E-state index in [1.54, 1.807) is 25.3 Å². The molecule has 0 saturated carbocycles. The molecule has 0 radical (unpaired) electrons. The number of benzene rings is 2. The maximum Gasteiger partial charge on any atom is 0.260 e. The highest BCUT2D eigenvalue weighted by molar-refractivity contribution is 8.05. The summed E-state index contributed by atoms with van der Waals surface area (Å²) >= 11 is 7.57. The Balaban J connectivity index is 1.62. The predicted molar refractivity (Wildman–Crippen MR) is 134 cm³/mol. The second-order valence-corrected chi connectivity index (χ2v) is 9.45. The second kappa shape index (κ2) is 8.96. The molecule has 166 valence electrons. The lowest BCUT2D eigenvalue weighted by Crippen LogP contribution is -2.31. The third-order valence-electron chi connectivity index (χ3n) is 5.60. The normalized spacial score (nSPS) is 17.0. The van der Waals surface area contributed by atoms with Crippen LogP contribution in [0.5, 0.6) is 5.75 Å². The summed E-state index contributed by atoms with van der Waals surface area (Å²) in [6, 6.07) is 13.8. The molecule has 5 nitrogen and oxygen atoms in total. The van der Waals surface area contributed by atoms with Gasteiger partial charge in [0.05, 0.1) is 23.4 Å². The fourth-order valence-corrected chi connectivity index (χ4v) is 5.22. The third kappa shape index (κ3) is 4.25. The summed E-state index contributed by atoms with van der Waals surface area (Å²) < 4.78 is 7.66. The highest BCUT2D eigenvalue weighted by atomic mass is 35.5. The van der Waals surface area contributed by atoms with E-state index in [-0.39, 0.29) is 11.4 Å². The second-order valence-electron chi connectivity index (χ2n) is 7.87. The van der Waals surface area contributed by atoms with Gasteiger partial charge in [-0.15, -0.1) is 0 Å². The molecule has 1 atom stereocenters. The lowest BCUT2D eigenvalue weighted by Gasteiger charge is -2.16. The number of halogens is 1. The lowest BCUT2D eigenvalue weighted by molar-refractivity contribution is -0.116. The molecule has 1 amide bonds. The van der Waals surface area contributed by atoms with Crippen molar-refractivity contribution in [3.05, 3.63) is 80.5 Å². The molecule has 2 N–H and O–H groups in total. The van der Waals surface area contributed by atoms with Crippen LogP contribution in [0.15, 0.2) is 47.4 Å². The Morgan fingerprint density at radius 3 is 2.53 bits per heavy atom. The van der Waals surface area contributed by atoms with Crippen molar-refractivity contribution in [1.29, 1.82) is 0 Å². The largest absolute Gasteiger partial charge is 0.495 e. The minimum Gasteiger partial charge on any atom is -0.495 e. The molecule has 2 heterocycles. The maximum absolute atomic E-state index is 12.7. The van der Waals surface area contributed by atoms with Gasteiger partial charge in [0, 0.05) is 16.4 Å². The first kappa shape index (κ1) is 22.4. The number of carbonyl (C=O) groups is 1. The summed E-state index contributed by atoms with van der Waals surface area (Å²) in [5.74, 6) is 0.559. The smallest absolute Gasteiger partial charge is 0.260 e. The molecule has 0 bridgehead atoms. The Kier molecular flexibility index (Phi) is 6.26. The zero-order chi connectivity index (χ0) is 23.0. The van der Waals surface area contributed by atoms with Crippen molar-refractivity contribution in [2.75, 3.05) is 12.4 Å². The van der Waals surface area contributed by atoms with Crippen molar-refractivity contribution in [2.24, 2.45) is 0 Å². The van der Waals surface area contributed by atoms with Crippen LogP contribution in [0, 0.1) is 27.7 Å². The minimum absolute atomic E-state index is 0.106. The van der Waals surface area contributed by atoms with Crippen molar-refractivity contribution < 1.29 is 9.53 Å². The Labute approximate surface area is 197 Å². The van der Waals surface area contributed by atoms with Crippen LogP contribution < -0.4 is 15.4 Å². The average molecular weight is 468 g/mol. The number of anilines is 1. The van der Waals surface area contributed by atoms with Gasteiger partial charge in [0.15, 0.2) is 5.50 Å². The molecule has 1 saturated heterocycles. The fraction of sp³-hybridized carbons (Fsp3) is 0.240. The molecule has 1 unspecified atom stereocenters. The van der Waals surface area contributed by atoms with E-state index in [1.165, 1.54) is 28.6 Å². The van der Waals surface area contributed by atoms with Gasteiger partial charge >= 0.3 is 0 Å². The van der Waals surface area contributed by atoms with E-state index in [0.29, 0.717) is 15.7 Å². The van der Waals surface area contributed by atoms with Crippen LogP contribution in [0.4, 0.5) is 5.69 Å². The number of rotatable bonds is 5. The molecular formula is C25H26ClN3O2S. The highest BCUT2D eigenvalue weighted by Crippen LogP contribution is 2.35. The van der Waals surface area contributed by atoms with Gasteiger partial charge in [0.1, 0.15) is 5.75 Å². The summed E-state index contributed by atoms with van der Waals surface area (Å²) in [6.45, 7) is 8.44. The van der Waals surface area contributed by atoms with Crippen molar-refractivity contribution >= 4 is 41.0 Å². The number of amides is 1. The molecule has 4 rings (SSSR count). The predicted octanol–water partition coefficient (Wildman–Crippen LogP) is 5.97. The van der Waals surface area contributed by atoms with Crippen LogP contribution in [0.25, 0.3) is 11.8 Å². The molecule has 1 aliphatic rings. The van der Waals surface area contributed by atoms with Gasteiger partial charge in [0.2, 0.25) is 0 Å². The van der Waals surface area contributed by atoms with Crippen molar-refractivity contribution in [3.8, 4) is 11.4 Å². The van der Waals surface area contributed by atoms with Crippen molar-refractivity contribution in [1.82, 2.24) is 9.88 Å². The number of carbonyl (C=O) groups excluding carboxylic acids is 1.